The van der Waals surface area contributed by atoms with Gasteiger partial charge in [0.05, 0.1) is 26.4 Å². The number of phosphoric acid groups is 2. The van der Waals surface area contributed by atoms with E-state index in [0.29, 0.717) is 38.5 Å². The summed E-state index contributed by atoms with van der Waals surface area (Å²) in [6.45, 7) is 4.24. The Balaban J connectivity index is 5.53. The van der Waals surface area contributed by atoms with Gasteiger partial charge in [-0.15, -0.1) is 0 Å². The third-order valence-electron chi connectivity index (χ3n) is 15.3. The molecule has 17 nitrogen and oxygen atoms in total. The van der Waals surface area contributed by atoms with E-state index in [1.54, 1.807) is 0 Å². The summed E-state index contributed by atoms with van der Waals surface area (Å²) in [5.74, 6) is -2.44. The highest BCUT2D eigenvalue weighted by Crippen LogP contribution is 2.45. The van der Waals surface area contributed by atoms with Gasteiger partial charge in [-0.05, 0) is 161 Å². The average molecular weight is 1520 g/mol. The van der Waals surface area contributed by atoms with E-state index in [0.717, 1.165) is 161 Å². The van der Waals surface area contributed by atoms with Crippen LogP contribution in [0.25, 0.3) is 0 Å². The van der Waals surface area contributed by atoms with Crippen molar-refractivity contribution in [3.8, 4) is 0 Å². The average Bonchev–Trinajstić information content (AvgIpc) is 0.901. The zero-order valence-electron chi connectivity index (χ0n) is 65.0. The summed E-state index contributed by atoms with van der Waals surface area (Å²) in [5, 5.41) is 10.6. The van der Waals surface area contributed by atoms with Crippen LogP contribution in [0.4, 0.5) is 0 Å². The number of allylic oxidation sites excluding steroid dienone is 34. The van der Waals surface area contributed by atoms with Crippen molar-refractivity contribution in [2.75, 3.05) is 39.6 Å². The van der Waals surface area contributed by atoms with Crippen molar-refractivity contribution in [1.29, 1.82) is 0 Å². The summed E-state index contributed by atoms with van der Waals surface area (Å²) in [6, 6.07) is 0. The number of carbonyl (C=O) groups is 4. The first-order valence-electron chi connectivity index (χ1n) is 39.3. The SMILES string of the molecule is CC/C=C\C/C=C\C/C=C\C/C=C\C/C=C\C/C=C\CCC(=O)OCC(COP(=O)(O)OCC(O)COP(=O)(O)OCC(COC(=O)CCCCCC/C=C\C/C=C\C/C=C\C/C=C\CC)OC(=O)CCCCCCC/C=C\CCCC)OC(=O)CC/C=C\C/C=C\C/C=C\C/C=C\C/C=C\C/C=C\CC. The predicted octanol–water partition coefficient (Wildman–Crippen LogP) is 23.1. The summed E-state index contributed by atoms with van der Waals surface area (Å²) < 4.78 is 68.3. The van der Waals surface area contributed by atoms with Gasteiger partial charge in [-0.25, -0.2) is 9.13 Å². The van der Waals surface area contributed by atoms with Gasteiger partial charge in [0.2, 0.25) is 0 Å². The highest BCUT2D eigenvalue weighted by Gasteiger charge is 2.30. The van der Waals surface area contributed by atoms with Crippen molar-refractivity contribution in [3.05, 3.63) is 207 Å². The van der Waals surface area contributed by atoms with Crippen molar-refractivity contribution in [3.63, 3.8) is 0 Å². The number of ether oxygens (including phenoxy) is 4. The molecule has 0 radical (unpaired) electrons. The quantitative estimate of drug-likeness (QED) is 0.0169. The van der Waals surface area contributed by atoms with Crippen molar-refractivity contribution >= 4 is 39.5 Å². The van der Waals surface area contributed by atoms with Crippen LogP contribution in [0.1, 0.15) is 259 Å². The zero-order valence-corrected chi connectivity index (χ0v) is 66.8. The number of hydrogen-bond donors (Lipinski definition) is 3. The second kappa shape index (κ2) is 76.8. The Morgan fingerprint density at radius 2 is 0.509 bits per heavy atom. The van der Waals surface area contributed by atoms with Gasteiger partial charge in [0.1, 0.15) is 19.3 Å². The summed E-state index contributed by atoms with van der Waals surface area (Å²) in [4.78, 5) is 72.9. The number of aliphatic hydroxyl groups is 1. The number of esters is 4. The third kappa shape index (κ3) is 75.9. The molecule has 0 aliphatic rings. The van der Waals surface area contributed by atoms with E-state index in [1.807, 2.05) is 36.5 Å². The lowest BCUT2D eigenvalue weighted by Crippen LogP contribution is -2.30. The molecule has 0 aliphatic carbocycles. The summed E-state index contributed by atoms with van der Waals surface area (Å²) in [6.07, 6.45) is 95.6. The number of phosphoric ester groups is 2. The first-order valence-corrected chi connectivity index (χ1v) is 42.3. The largest absolute Gasteiger partial charge is 0.472 e. The molecule has 0 rings (SSSR count). The molecule has 5 unspecified atom stereocenters. The molecule has 0 amide bonds. The minimum Gasteiger partial charge on any atom is -0.462 e. The van der Waals surface area contributed by atoms with Crippen molar-refractivity contribution in [1.82, 2.24) is 0 Å². The van der Waals surface area contributed by atoms with Gasteiger partial charge in [-0.2, -0.15) is 0 Å². The van der Waals surface area contributed by atoms with Crippen LogP contribution in [0.15, 0.2) is 207 Å². The van der Waals surface area contributed by atoms with E-state index in [9.17, 15) is 43.2 Å². The monoisotopic (exact) mass is 1510 g/mol. The highest BCUT2D eigenvalue weighted by molar-refractivity contribution is 7.47. The molecule has 0 bridgehead atoms. The summed E-state index contributed by atoms with van der Waals surface area (Å²) >= 11 is 0. The van der Waals surface area contributed by atoms with Crippen LogP contribution in [0.5, 0.6) is 0 Å². The predicted molar refractivity (Wildman–Crippen MR) is 435 cm³/mol. The fourth-order valence-corrected chi connectivity index (χ4v) is 10.9. The van der Waals surface area contributed by atoms with Crippen LogP contribution in [0.2, 0.25) is 0 Å². The molecule has 5 atom stereocenters. The van der Waals surface area contributed by atoms with Crippen molar-refractivity contribution in [2.24, 2.45) is 0 Å². The molecule has 0 aliphatic heterocycles. The maximum atomic E-state index is 13.1. The maximum Gasteiger partial charge on any atom is 0.472 e. The fraction of sp³-hybridized carbons (Fsp3) is 0.563. The van der Waals surface area contributed by atoms with Gasteiger partial charge < -0.3 is 33.8 Å². The molecule has 0 spiro atoms. The third-order valence-corrected chi connectivity index (χ3v) is 17.2. The molecule has 19 heteroatoms. The lowest BCUT2D eigenvalue weighted by molar-refractivity contribution is -0.161. The Hall–Kier alpha value is -6.36. The molecule has 0 saturated carbocycles. The molecule has 0 heterocycles. The molecular weight excluding hydrogens is 1380 g/mol. The summed E-state index contributed by atoms with van der Waals surface area (Å²) in [5.41, 5.74) is 0. The van der Waals surface area contributed by atoms with Gasteiger partial charge in [-0.1, -0.05) is 279 Å². The topological polar surface area (TPSA) is 237 Å². The minimum atomic E-state index is -5.03. The lowest BCUT2D eigenvalue weighted by atomic mass is 10.1. The van der Waals surface area contributed by atoms with Crippen LogP contribution in [-0.4, -0.2) is 96.7 Å². The zero-order chi connectivity index (χ0) is 77.4. The number of unbranched alkanes of at least 4 members (excludes halogenated alkanes) is 11. The van der Waals surface area contributed by atoms with Crippen LogP contribution in [0, 0.1) is 0 Å². The molecule has 0 aromatic heterocycles. The first-order chi connectivity index (χ1) is 51.7. The minimum absolute atomic E-state index is 0.0109. The number of carbonyl (C=O) groups excluding carboxylic acids is 4. The van der Waals surface area contributed by atoms with E-state index in [2.05, 4.69) is 198 Å². The lowest BCUT2D eigenvalue weighted by Gasteiger charge is -2.21. The molecule has 0 aromatic rings. The smallest absolute Gasteiger partial charge is 0.462 e. The van der Waals surface area contributed by atoms with Crippen molar-refractivity contribution < 1.29 is 80.2 Å². The normalized spacial score (nSPS) is 15.0. The number of aliphatic hydroxyl groups excluding tert-OH is 1. The van der Waals surface area contributed by atoms with E-state index in [4.69, 9.17) is 37.0 Å². The van der Waals surface area contributed by atoms with Crippen molar-refractivity contribution in [2.45, 2.75) is 277 Å². The van der Waals surface area contributed by atoms with E-state index in [1.165, 1.54) is 6.42 Å². The van der Waals surface area contributed by atoms with Gasteiger partial charge in [0.25, 0.3) is 0 Å². The Morgan fingerprint density at radius 3 is 0.840 bits per heavy atom. The molecule has 0 saturated heterocycles. The van der Waals surface area contributed by atoms with E-state index in [-0.39, 0.29) is 25.7 Å². The molecular formula is C87H136O17P2. The van der Waals surface area contributed by atoms with Gasteiger partial charge in [-0.3, -0.25) is 37.3 Å². The number of rotatable bonds is 71. The molecule has 0 aromatic carbocycles. The molecule has 3 N–H and O–H groups in total. The van der Waals surface area contributed by atoms with Crippen LogP contribution in [0.3, 0.4) is 0 Å². The van der Waals surface area contributed by atoms with E-state index >= 15 is 0 Å². The van der Waals surface area contributed by atoms with Gasteiger partial charge in [0, 0.05) is 25.7 Å². The molecule has 106 heavy (non-hydrogen) atoms. The van der Waals surface area contributed by atoms with Gasteiger partial charge in [0.15, 0.2) is 12.2 Å². The maximum absolute atomic E-state index is 13.1. The summed E-state index contributed by atoms with van der Waals surface area (Å²) in [7, 11) is -10.0. The van der Waals surface area contributed by atoms with Gasteiger partial charge >= 0.3 is 39.5 Å². The standard InChI is InChI=1S/C87H136O17P2/c1-5-9-13-17-21-25-29-32-35-38-40-43-46-49-53-56-60-64-68-72-85(90)98-78-83(104-87(92)74-70-66-62-58-54-50-47-44-41-39-36-33-30-26-22-18-14-10-6-2)80-102-106(95,96)100-76-81(88)75-99-105(93,94)101-79-82(103-86(91)73-69-65-61-57-51-28-24-20-16-12-8-4)77-97-84(89)71-67-63-59-55-52-48-45-42-37-34-31-27-23-19-15-11-7-3/h9-11,13-15,20-27,32-37,40-41,43-45,48-50,53-54,60,62,64,66,81-83,88H,5-8,12,16-19,28-31,38-39,42,46-47,51-52,55-59,61,63,65,67-80H2,1-4H3,(H,93,94)(H,95,96)/b13-9-,14-10-,15-11-,24-20-,25-21-,26-22-,27-23-,35-32-,36-33-,37-34-,43-40-,44-41-,48-45-,53-49-,54-50-,64-60-,66-62-. The number of hydrogen-bond acceptors (Lipinski definition) is 15. The second-order valence-corrected chi connectivity index (χ2v) is 28.1. The molecule has 596 valence electrons. The van der Waals surface area contributed by atoms with E-state index < -0.39 is 97.5 Å². The Kier molecular flexibility index (Phi) is 72.2. The van der Waals surface area contributed by atoms with Crippen LogP contribution >= 0.6 is 15.6 Å². The Morgan fingerprint density at radius 1 is 0.274 bits per heavy atom. The Labute approximate surface area is 639 Å². The first kappa shape index (κ1) is 99.6. The van der Waals surface area contributed by atoms with Crippen LogP contribution < -0.4 is 0 Å². The highest BCUT2D eigenvalue weighted by atomic mass is 31.2. The van der Waals surface area contributed by atoms with Crippen LogP contribution in [-0.2, 0) is 65.4 Å². The molecule has 0 fully saturated rings. The second-order valence-electron chi connectivity index (χ2n) is 25.1. The fourth-order valence-electron chi connectivity index (χ4n) is 9.36. The Bertz CT molecular complexity index is 2830.